The maximum Gasteiger partial charge on any atom is 0.0143 e. The standard InChI is InChI=1S/C10H19N.2C2H6/c1-5-6-7-11-10(4)8-9(2)3;2*1-2/h8,11H,2,5-7H2,1,3-4H3;2*1-2H3/b10-8+;;. The van der Waals surface area contributed by atoms with Gasteiger partial charge in [-0.1, -0.05) is 53.2 Å². The van der Waals surface area contributed by atoms with Crippen LogP contribution in [0.2, 0.25) is 0 Å². The Morgan fingerprint density at radius 2 is 1.60 bits per heavy atom. The monoisotopic (exact) mass is 213 g/mol. The fraction of sp³-hybridized carbons (Fsp3) is 0.714. The van der Waals surface area contributed by atoms with Crippen molar-refractivity contribution < 1.29 is 0 Å². The molecule has 0 aromatic heterocycles. The zero-order valence-electron chi connectivity index (χ0n) is 11.9. The number of hydrogen-bond acceptors (Lipinski definition) is 1. The third kappa shape index (κ3) is 24.6. The molecule has 0 rings (SSSR count). The first-order chi connectivity index (χ1) is 7.16. The molecule has 0 aromatic rings. The summed E-state index contributed by atoms with van der Waals surface area (Å²) in [5, 5.41) is 3.32. The van der Waals surface area contributed by atoms with E-state index in [0.717, 1.165) is 12.1 Å². The SMILES string of the molecule is C=C(C)/C=C(\C)NCCCC.CC.CC. The first-order valence-corrected chi connectivity index (χ1v) is 6.24. The van der Waals surface area contributed by atoms with Crippen LogP contribution in [0.5, 0.6) is 0 Å². The lowest BCUT2D eigenvalue weighted by Crippen LogP contribution is -2.12. The smallest absolute Gasteiger partial charge is 0.0143 e. The second-order valence-electron chi connectivity index (χ2n) is 2.95. The van der Waals surface area contributed by atoms with Gasteiger partial charge in [-0.05, 0) is 26.3 Å². The van der Waals surface area contributed by atoms with Gasteiger partial charge in [0.25, 0.3) is 0 Å². The van der Waals surface area contributed by atoms with Gasteiger partial charge < -0.3 is 5.32 Å². The molecule has 0 heterocycles. The average molecular weight is 213 g/mol. The van der Waals surface area contributed by atoms with Crippen LogP contribution >= 0.6 is 0 Å². The third-order valence-corrected chi connectivity index (χ3v) is 1.40. The molecular weight excluding hydrogens is 182 g/mol. The van der Waals surface area contributed by atoms with Gasteiger partial charge in [0.1, 0.15) is 0 Å². The van der Waals surface area contributed by atoms with Crippen LogP contribution in [-0.2, 0) is 0 Å². The highest BCUT2D eigenvalue weighted by Gasteiger charge is 1.86. The minimum absolute atomic E-state index is 1.08. The van der Waals surface area contributed by atoms with Crippen LogP contribution in [0.25, 0.3) is 0 Å². The van der Waals surface area contributed by atoms with E-state index in [9.17, 15) is 0 Å². The second-order valence-corrected chi connectivity index (χ2v) is 2.95. The van der Waals surface area contributed by atoms with Crippen molar-refractivity contribution in [3.63, 3.8) is 0 Å². The lowest BCUT2D eigenvalue weighted by atomic mass is 10.3. The van der Waals surface area contributed by atoms with Crippen LogP contribution in [0.3, 0.4) is 0 Å². The highest BCUT2D eigenvalue weighted by Crippen LogP contribution is 1.95. The Balaban J connectivity index is -0.000000318. The molecule has 0 unspecified atom stereocenters. The van der Waals surface area contributed by atoms with Gasteiger partial charge in [0.05, 0.1) is 0 Å². The Hall–Kier alpha value is -0.720. The lowest BCUT2D eigenvalue weighted by molar-refractivity contribution is 0.710. The van der Waals surface area contributed by atoms with Crippen LogP contribution < -0.4 is 5.32 Å². The fourth-order valence-corrected chi connectivity index (χ4v) is 0.883. The molecule has 0 bridgehead atoms. The van der Waals surface area contributed by atoms with Crippen molar-refractivity contribution in [2.45, 2.75) is 61.3 Å². The van der Waals surface area contributed by atoms with E-state index in [1.165, 1.54) is 18.5 Å². The molecule has 0 aromatic carbocycles. The minimum atomic E-state index is 1.08. The Kier molecular flexibility index (Phi) is 25.0. The summed E-state index contributed by atoms with van der Waals surface area (Å²) < 4.78 is 0. The van der Waals surface area contributed by atoms with Crippen molar-refractivity contribution in [2.24, 2.45) is 0 Å². The molecule has 0 aliphatic rings. The normalized spacial score (nSPS) is 9.13. The van der Waals surface area contributed by atoms with Crippen LogP contribution in [0.1, 0.15) is 61.3 Å². The molecule has 1 heteroatoms. The Morgan fingerprint density at radius 1 is 1.13 bits per heavy atom. The molecule has 0 fully saturated rings. The van der Waals surface area contributed by atoms with E-state index in [2.05, 4.69) is 31.8 Å². The molecule has 15 heavy (non-hydrogen) atoms. The fourth-order valence-electron chi connectivity index (χ4n) is 0.883. The van der Waals surface area contributed by atoms with Crippen LogP contribution in [0.4, 0.5) is 0 Å². The van der Waals surface area contributed by atoms with Gasteiger partial charge in [0, 0.05) is 12.2 Å². The molecule has 0 radical (unpaired) electrons. The summed E-state index contributed by atoms with van der Waals surface area (Å²) >= 11 is 0. The predicted molar refractivity (Wildman–Crippen MR) is 74.2 cm³/mol. The van der Waals surface area contributed by atoms with Crippen molar-refractivity contribution in [2.75, 3.05) is 6.54 Å². The zero-order chi connectivity index (χ0) is 12.7. The Labute approximate surface area is 97.7 Å². The molecule has 0 aliphatic heterocycles. The summed E-state index contributed by atoms with van der Waals surface area (Å²) in [5.74, 6) is 0. The summed E-state index contributed by atoms with van der Waals surface area (Å²) in [6.07, 6.45) is 4.55. The number of allylic oxidation sites excluding steroid dienone is 3. The quantitative estimate of drug-likeness (QED) is 0.505. The topological polar surface area (TPSA) is 12.0 Å². The number of hydrogen-bond donors (Lipinski definition) is 1. The van der Waals surface area contributed by atoms with Crippen molar-refractivity contribution in [1.82, 2.24) is 5.32 Å². The van der Waals surface area contributed by atoms with E-state index in [0.29, 0.717) is 0 Å². The average Bonchev–Trinajstić information content (AvgIpc) is 2.23. The van der Waals surface area contributed by atoms with Crippen molar-refractivity contribution >= 4 is 0 Å². The summed E-state index contributed by atoms with van der Waals surface area (Å²) in [5.41, 5.74) is 2.32. The maximum atomic E-state index is 3.81. The molecule has 92 valence electrons. The van der Waals surface area contributed by atoms with Gasteiger partial charge in [-0.15, -0.1) is 0 Å². The second kappa shape index (κ2) is 18.9. The van der Waals surface area contributed by atoms with E-state index in [-0.39, 0.29) is 0 Å². The molecule has 1 N–H and O–H groups in total. The predicted octanol–water partition coefficient (Wildman–Crippen LogP) is 4.91. The summed E-state index contributed by atoms with van der Waals surface area (Å²) in [6, 6.07) is 0. The highest BCUT2D eigenvalue weighted by atomic mass is 14.9. The maximum absolute atomic E-state index is 3.81. The van der Waals surface area contributed by atoms with Crippen molar-refractivity contribution in [3.05, 3.63) is 23.9 Å². The van der Waals surface area contributed by atoms with Gasteiger partial charge in [-0.25, -0.2) is 0 Å². The molecule has 1 nitrogen and oxygen atoms in total. The largest absolute Gasteiger partial charge is 0.389 e. The first kappa shape index (κ1) is 19.8. The summed E-state index contributed by atoms with van der Waals surface area (Å²) in [6.45, 7) is 19.2. The van der Waals surface area contributed by atoms with E-state index < -0.39 is 0 Å². The molecule has 0 saturated carbocycles. The number of nitrogens with one attached hydrogen (secondary N) is 1. The molecule has 0 aliphatic carbocycles. The van der Waals surface area contributed by atoms with Gasteiger partial charge in [0.2, 0.25) is 0 Å². The molecule has 0 saturated heterocycles. The molecular formula is C14H31N. The van der Waals surface area contributed by atoms with E-state index in [4.69, 9.17) is 0 Å². The minimum Gasteiger partial charge on any atom is -0.389 e. The van der Waals surface area contributed by atoms with E-state index >= 15 is 0 Å². The molecule has 0 atom stereocenters. The van der Waals surface area contributed by atoms with Crippen molar-refractivity contribution in [3.8, 4) is 0 Å². The van der Waals surface area contributed by atoms with Gasteiger partial charge in [-0.3, -0.25) is 0 Å². The first-order valence-electron chi connectivity index (χ1n) is 6.24. The summed E-state index contributed by atoms with van der Waals surface area (Å²) in [7, 11) is 0. The summed E-state index contributed by atoms with van der Waals surface area (Å²) in [4.78, 5) is 0. The highest BCUT2D eigenvalue weighted by molar-refractivity contribution is 5.15. The van der Waals surface area contributed by atoms with Gasteiger partial charge >= 0.3 is 0 Å². The van der Waals surface area contributed by atoms with Gasteiger partial charge in [0.15, 0.2) is 0 Å². The molecule has 0 spiro atoms. The number of rotatable bonds is 5. The Bertz CT molecular complexity index is 145. The Morgan fingerprint density at radius 3 is 1.93 bits per heavy atom. The lowest BCUT2D eigenvalue weighted by Gasteiger charge is -2.04. The van der Waals surface area contributed by atoms with Crippen molar-refractivity contribution in [1.29, 1.82) is 0 Å². The zero-order valence-corrected chi connectivity index (χ0v) is 11.9. The van der Waals surface area contributed by atoms with Crippen LogP contribution in [0, 0.1) is 0 Å². The van der Waals surface area contributed by atoms with E-state index in [1.54, 1.807) is 0 Å². The number of unbranched alkanes of at least 4 members (excludes halogenated alkanes) is 1. The third-order valence-electron chi connectivity index (χ3n) is 1.40. The van der Waals surface area contributed by atoms with Gasteiger partial charge in [-0.2, -0.15) is 0 Å². The van der Waals surface area contributed by atoms with Crippen LogP contribution in [0.15, 0.2) is 23.9 Å². The van der Waals surface area contributed by atoms with Crippen LogP contribution in [-0.4, -0.2) is 6.54 Å². The van der Waals surface area contributed by atoms with E-state index in [1.807, 2.05) is 34.6 Å². The molecule has 0 amide bonds.